The molecule has 0 aliphatic carbocycles. The van der Waals surface area contributed by atoms with Crippen LogP contribution in [0.2, 0.25) is 0 Å². The van der Waals surface area contributed by atoms with Crippen molar-refractivity contribution in [1.82, 2.24) is 14.8 Å². The first-order valence-corrected chi connectivity index (χ1v) is 11.4. The number of ether oxygens (including phenoxy) is 2. The Balaban J connectivity index is 0.000000301. The Morgan fingerprint density at radius 3 is 1.97 bits per heavy atom. The summed E-state index contributed by atoms with van der Waals surface area (Å²) in [6, 6.07) is 4.24. The Kier molecular flexibility index (Phi) is 10.8. The van der Waals surface area contributed by atoms with Crippen molar-refractivity contribution >= 4 is 17.8 Å². The molecule has 0 radical (unpaired) electrons. The fourth-order valence-corrected chi connectivity index (χ4v) is 4.15. The first-order valence-electron chi connectivity index (χ1n) is 11.4. The number of fused-ring (bicyclic) bond motifs is 1. The van der Waals surface area contributed by atoms with Gasteiger partial charge in [-0.1, -0.05) is 0 Å². The minimum absolute atomic E-state index is 0.0822. The van der Waals surface area contributed by atoms with Gasteiger partial charge in [-0.15, -0.1) is 0 Å². The first-order chi connectivity index (χ1) is 17.6. The molecule has 3 aliphatic rings. The Bertz CT molecular complexity index is 928. The average Bonchev–Trinajstić information content (AvgIpc) is 3.24. The second kappa shape index (κ2) is 13.2. The minimum atomic E-state index is -5.08. The number of morpholine rings is 1. The fourth-order valence-electron chi connectivity index (χ4n) is 4.15. The maximum absolute atomic E-state index is 13.0. The van der Waals surface area contributed by atoms with Crippen LogP contribution in [-0.4, -0.2) is 113 Å². The van der Waals surface area contributed by atoms with E-state index in [1.54, 1.807) is 6.20 Å². The number of aromatic nitrogens is 1. The van der Waals surface area contributed by atoms with E-state index in [9.17, 15) is 31.1 Å². The van der Waals surface area contributed by atoms with Crippen LogP contribution in [0.4, 0.5) is 26.3 Å². The number of carboxylic acids is 2. The lowest BCUT2D eigenvalue weighted by molar-refractivity contribution is -0.193. The normalized spacial score (nSPS) is 23.8. The van der Waals surface area contributed by atoms with E-state index in [2.05, 4.69) is 9.88 Å². The summed E-state index contributed by atoms with van der Waals surface area (Å²) in [4.78, 5) is 39.6. The lowest BCUT2D eigenvalue weighted by Gasteiger charge is -2.37. The second-order valence-corrected chi connectivity index (χ2v) is 8.51. The van der Waals surface area contributed by atoms with Crippen molar-refractivity contribution in [3.63, 3.8) is 0 Å². The number of amides is 1. The maximum Gasteiger partial charge on any atom is 0.490 e. The van der Waals surface area contributed by atoms with Gasteiger partial charge in [0.2, 0.25) is 0 Å². The molecule has 1 aromatic heterocycles. The van der Waals surface area contributed by atoms with E-state index in [0.717, 1.165) is 58.0 Å². The number of rotatable bonds is 2. The van der Waals surface area contributed by atoms with Crippen molar-refractivity contribution in [3.8, 4) is 0 Å². The standard InChI is InChI=1S/C18H25N3O3.2C2HF3O2/c1-13-4-5-14(11-19-13)18(22)21-12-16(20-6-9-23-10-7-20)17-15(21)3-2-8-24-17;2*3-2(4,5)1(6)7/h4-5,11,15-17H,2-3,6-10,12H2,1H3;2*(H,6,7)/t15-,16-,17+;;/m0../s1. The molecule has 4 heterocycles. The molecular formula is C22H27F6N3O7. The van der Waals surface area contributed by atoms with Gasteiger partial charge in [0.05, 0.1) is 37.0 Å². The molecule has 10 nitrogen and oxygen atoms in total. The van der Waals surface area contributed by atoms with E-state index in [-0.39, 0.29) is 24.1 Å². The number of aryl methyl sites for hydroxylation is 1. The highest BCUT2D eigenvalue weighted by Crippen LogP contribution is 2.33. The molecule has 3 fully saturated rings. The number of hydrogen-bond donors (Lipinski definition) is 2. The SMILES string of the molecule is Cc1ccc(C(=O)N2C[C@H](N3CCOCC3)[C@@H]3OCCC[C@@H]32)cn1.O=C(O)C(F)(F)F.O=C(O)C(F)(F)F. The molecular weight excluding hydrogens is 532 g/mol. The molecule has 3 atom stereocenters. The maximum atomic E-state index is 13.0. The zero-order valence-electron chi connectivity index (χ0n) is 20.2. The van der Waals surface area contributed by atoms with Crippen molar-refractivity contribution in [2.75, 3.05) is 39.5 Å². The zero-order chi connectivity index (χ0) is 28.7. The van der Waals surface area contributed by atoms with Crippen LogP contribution in [0.15, 0.2) is 18.3 Å². The van der Waals surface area contributed by atoms with Crippen LogP contribution < -0.4 is 0 Å². The highest BCUT2D eigenvalue weighted by molar-refractivity contribution is 5.94. The Hall–Kier alpha value is -2.98. The van der Waals surface area contributed by atoms with Gasteiger partial charge in [0.1, 0.15) is 0 Å². The first kappa shape index (κ1) is 31.2. The molecule has 0 aromatic carbocycles. The zero-order valence-corrected chi connectivity index (χ0v) is 20.2. The molecule has 0 bridgehead atoms. The predicted molar refractivity (Wildman–Crippen MR) is 116 cm³/mol. The summed E-state index contributed by atoms with van der Waals surface area (Å²) < 4.78 is 75.1. The van der Waals surface area contributed by atoms with Gasteiger partial charge in [-0.2, -0.15) is 26.3 Å². The number of likely N-dealkylation sites (tertiary alicyclic amines) is 1. The van der Waals surface area contributed by atoms with Crippen LogP contribution in [-0.2, 0) is 19.1 Å². The molecule has 16 heteroatoms. The summed E-state index contributed by atoms with van der Waals surface area (Å²) in [5, 5.41) is 14.2. The molecule has 0 unspecified atom stereocenters. The van der Waals surface area contributed by atoms with E-state index in [0.29, 0.717) is 5.56 Å². The third-order valence-electron chi connectivity index (χ3n) is 5.92. The molecule has 0 spiro atoms. The highest BCUT2D eigenvalue weighted by atomic mass is 19.4. The van der Waals surface area contributed by atoms with Crippen LogP contribution in [0, 0.1) is 6.92 Å². The lowest BCUT2D eigenvalue weighted by Crippen LogP contribution is -2.51. The Morgan fingerprint density at radius 1 is 0.947 bits per heavy atom. The highest BCUT2D eigenvalue weighted by Gasteiger charge is 2.48. The molecule has 1 amide bonds. The molecule has 38 heavy (non-hydrogen) atoms. The molecule has 3 saturated heterocycles. The summed E-state index contributed by atoms with van der Waals surface area (Å²) in [6.07, 6.45) is -6.30. The number of carbonyl (C=O) groups is 3. The van der Waals surface area contributed by atoms with Gasteiger partial charge in [0.15, 0.2) is 0 Å². The predicted octanol–water partition coefficient (Wildman–Crippen LogP) is 2.36. The van der Waals surface area contributed by atoms with Crippen molar-refractivity contribution < 1.29 is 60.4 Å². The minimum Gasteiger partial charge on any atom is -0.475 e. The van der Waals surface area contributed by atoms with Crippen molar-refractivity contribution in [2.45, 2.75) is 50.3 Å². The second-order valence-electron chi connectivity index (χ2n) is 8.51. The third kappa shape index (κ3) is 8.80. The van der Waals surface area contributed by atoms with Crippen molar-refractivity contribution in [2.24, 2.45) is 0 Å². The number of carboxylic acid groups (broad SMARTS) is 2. The number of aliphatic carboxylic acids is 2. The number of pyridine rings is 1. The van der Waals surface area contributed by atoms with E-state index in [1.165, 1.54) is 0 Å². The van der Waals surface area contributed by atoms with E-state index in [4.69, 9.17) is 29.3 Å². The van der Waals surface area contributed by atoms with Gasteiger partial charge in [-0.3, -0.25) is 14.7 Å². The van der Waals surface area contributed by atoms with Crippen LogP contribution in [0.1, 0.15) is 28.9 Å². The van der Waals surface area contributed by atoms with Gasteiger partial charge in [0.25, 0.3) is 5.91 Å². The van der Waals surface area contributed by atoms with Gasteiger partial charge < -0.3 is 24.6 Å². The molecule has 3 aliphatic heterocycles. The van der Waals surface area contributed by atoms with Crippen LogP contribution in [0.3, 0.4) is 0 Å². The summed E-state index contributed by atoms with van der Waals surface area (Å²) in [5.74, 6) is -5.43. The fraction of sp³-hybridized carbons (Fsp3) is 0.636. The molecule has 2 N–H and O–H groups in total. The quantitative estimate of drug-likeness (QED) is 0.525. The summed E-state index contributed by atoms with van der Waals surface area (Å²) >= 11 is 0. The van der Waals surface area contributed by atoms with Gasteiger partial charge in [0, 0.05) is 38.1 Å². The summed E-state index contributed by atoms with van der Waals surface area (Å²) in [7, 11) is 0. The van der Waals surface area contributed by atoms with Gasteiger partial charge in [-0.25, -0.2) is 9.59 Å². The Morgan fingerprint density at radius 2 is 1.50 bits per heavy atom. The number of alkyl halides is 6. The Labute approximate surface area is 213 Å². The van der Waals surface area contributed by atoms with Crippen LogP contribution >= 0.6 is 0 Å². The molecule has 4 rings (SSSR count). The largest absolute Gasteiger partial charge is 0.490 e. The monoisotopic (exact) mass is 559 g/mol. The van der Waals surface area contributed by atoms with Crippen LogP contribution in [0.5, 0.6) is 0 Å². The topological polar surface area (TPSA) is 130 Å². The van der Waals surface area contributed by atoms with Gasteiger partial charge in [-0.05, 0) is 31.9 Å². The molecule has 214 valence electrons. The number of halogens is 6. The summed E-state index contributed by atoms with van der Waals surface area (Å²) in [5.41, 5.74) is 1.60. The van der Waals surface area contributed by atoms with E-state index < -0.39 is 24.3 Å². The van der Waals surface area contributed by atoms with Gasteiger partial charge >= 0.3 is 24.3 Å². The molecule has 0 saturated carbocycles. The number of hydrogen-bond acceptors (Lipinski definition) is 7. The lowest BCUT2D eigenvalue weighted by atomic mass is 9.99. The summed E-state index contributed by atoms with van der Waals surface area (Å²) in [6.45, 7) is 6.85. The smallest absolute Gasteiger partial charge is 0.475 e. The number of carbonyl (C=O) groups excluding carboxylic acids is 1. The number of nitrogens with zero attached hydrogens (tertiary/aromatic N) is 3. The third-order valence-corrected chi connectivity index (χ3v) is 5.92. The molecule has 1 aromatic rings. The van der Waals surface area contributed by atoms with E-state index >= 15 is 0 Å². The van der Waals surface area contributed by atoms with E-state index in [1.807, 2.05) is 24.0 Å². The van der Waals surface area contributed by atoms with Crippen molar-refractivity contribution in [3.05, 3.63) is 29.6 Å². The van der Waals surface area contributed by atoms with Crippen LogP contribution in [0.25, 0.3) is 0 Å². The van der Waals surface area contributed by atoms with Crippen molar-refractivity contribution in [1.29, 1.82) is 0 Å². The average molecular weight is 559 g/mol.